The quantitative estimate of drug-likeness (QED) is 0.613. The first-order valence-electron chi connectivity index (χ1n) is 7.91. The van der Waals surface area contributed by atoms with Gasteiger partial charge in [-0.25, -0.2) is 4.39 Å². The summed E-state index contributed by atoms with van der Waals surface area (Å²) < 4.78 is 13.6. The lowest BCUT2D eigenvalue weighted by atomic mass is 9.85. The van der Waals surface area contributed by atoms with Gasteiger partial charge in [0, 0.05) is 6.21 Å². The van der Waals surface area contributed by atoms with E-state index in [1.54, 1.807) is 0 Å². The highest BCUT2D eigenvalue weighted by atomic mass is 35.5. The molecule has 1 aliphatic carbocycles. The molecule has 0 saturated heterocycles. The van der Waals surface area contributed by atoms with E-state index in [2.05, 4.69) is 9.98 Å². The maximum atomic E-state index is 13.6. The molecule has 0 aromatic rings. The number of nitrogens with two attached hydrogens (primary N) is 1. The van der Waals surface area contributed by atoms with Crippen molar-refractivity contribution in [2.75, 3.05) is 0 Å². The van der Waals surface area contributed by atoms with E-state index in [4.69, 9.17) is 22.3 Å². The minimum atomic E-state index is -0.955. The van der Waals surface area contributed by atoms with Crippen LogP contribution in [0.2, 0.25) is 0 Å². The monoisotopic (exact) mass is 352 g/mol. The Labute approximate surface area is 143 Å². The molecule has 7 heteroatoms. The van der Waals surface area contributed by atoms with Gasteiger partial charge in [0.2, 0.25) is 0 Å². The van der Waals surface area contributed by atoms with Crippen LogP contribution in [0.1, 0.15) is 25.7 Å². The Hall–Kier alpha value is -0.980. The van der Waals surface area contributed by atoms with Crippen LogP contribution in [0.3, 0.4) is 0 Å². The van der Waals surface area contributed by atoms with Crippen LogP contribution in [0, 0.1) is 0 Å². The normalized spacial score (nSPS) is 39.5. The fourth-order valence-electron chi connectivity index (χ4n) is 3.49. The van der Waals surface area contributed by atoms with Crippen LogP contribution in [0.25, 0.3) is 0 Å². The first-order chi connectivity index (χ1) is 11.1. The maximum Gasteiger partial charge on any atom is 0.150 e. The van der Waals surface area contributed by atoms with Crippen LogP contribution in [0.4, 0.5) is 4.39 Å². The molecule has 0 saturated carbocycles. The van der Waals surface area contributed by atoms with Crippen molar-refractivity contribution in [2.45, 2.75) is 54.8 Å². The zero-order valence-corrected chi connectivity index (χ0v) is 14.1. The third kappa shape index (κ3) is 2.92. The smallest absolute Gasteiger partial charge is 0.150 e. The Bertz CT molecular complexity index is 669. The number of nitrogens with zero attached hydrogens (tertiary/aromatic N) is 3. The van der Waals surface area contributed by atoms with Crippen molar-refractivity contribution in [3.8, 4) is 0 Å². The summed E-state index contributed by atoms with van der Waals surface area (Å²) in [7, 11) is 0. The predicted molar refractivity (Wildman–Crippen MR) is 95.7 cm³/mol. The third-order valence-corrected chi connectivity index (χ3v) is 5.98. The number of allylic oxidation sites excluding steroid dienone is 2. The zero-order valence-electron chi connectivity index (χ0n) is 12.5. The Kier molecular flexibility index (Phi) is 4.15. The Morgan fingerprint density at radius 2 is 2.13 bits per heavy atom. The number of alkyl halides is 2. The highest BCUT2D eigenvalue weighted by Gasteiger charge is 2.35. The van der Waals surface area contributed by atoms with Gasteiger partial charge in [0.15, 0.2) is 5.50 Å². The molecule has 4 rings (SSSR count). The minimum absolute atomic E-state index is 0.0309. The first kappa shape index (κ1) is 15.5. The molecule has 0 spiro atoms. The molecule has 0 aromatic carbocycles. The molecule has 122 valence electrons. The summed E-state index contributed by atoms with van der Waals surface area (Å²) in [5.74, 6) is 0. The summed E-state index contributed by atoms with van der Waals surface area (Å²) in [5.41, 5.74) is 8.99. The number of rotatable bonds is 2. The standard InChI is InChI=1S/C16H18ClFN4S/c17-10-7-8(1-2-11(10)18)14-9(5-6-20-14)12-3-4-13-15(21-12)23-16(19)22-13/h5-7,10-12,14,16H,1-4,19H2. The average molecular weight is 353 g/mol. The van der Waals surface area contributed by atoms with E-state index in [1.165, 1.54) is 17.3 Å². The lowest BCUT2D eigenvalue weighted by Crippen LogP contribution is -2.29. The van der Waals surface area contributed by atoms with Crippen molar-refractivity contribution < 1.29 is 4.39 Å². The van der Waals surface area contributed by atoms with Gasteiger partial charge in [0.05, 0.1) is 23.2 Å². The largest absolute Gasteiger partial charge is 0.301 e. The number of halogens is 2. The Morgan fingerprint density at radius 1 is 1.26 bits per heavy atom. The van der Waals surface area contributed by atoms with Crippen molar-refractivity contribution in [1.29, 1.82) is 0 Å². The van der Waals surface area contributed by atoms with E-state index in [1.807, 2.05) is 18.4 Å². The number of thioether (sulfide) groups is 1. The average Bonchev–Trinajstić information content (AvgIpc) is 3.14. The highest BCUT2D eigenvalue weighted by Crippen LogP contribution is 2.36. The molecule has 5 atom stereocenters. The van der Waals surface area contributed by atoms with Crippen LogP contribution in [0.15, 0.2) is 38.3 Å². The van der Waals surface area contributed by atoms with Crippen molar-refractivity contribution in [1.82, 2.24) is 0 Å². The minimum Gasteiger partial charge on any atom is -0.301 e. The summed E-state index contributed by atoms with van der Waals surface area (Å²) in [6, 6.07) is 0.0729. The molecule has 0 amide bonds. The van der Waals surface area contributed by atoms with E-state index < -0.39 is 11.5 Å². The zero-order chi connectivity index (χ0) is 16.0. The Balaban J connectivity index is 1.56. The van der Waals surface area contributed by atoms with Crippen LogP contribution in [-0.2, 0) is 0 Å². The van der Waals surface area contributed by atoms with Gasteiger partial charge >= 0.3 is 0 Å². The van der Waals surface area contributed by atoms with E-state index >= 15 is 0 Å². The molecular weight excluding hydrogens is 335 g/mol. The van der Waals surface area contributed by atoms with Gasteiger partial charge in [-0.1, -0.05) is 17.8 Å². The fraction of sp³-hybridized carbons (Fsp3) is 0.562. The van der Waals surface area contributed by atoms with Crippen molar-refractivity contribution in [3.05, 3.63) is 23.3 Å². The van der Waals surface area contributed by atoms with Gasteiger partial charge in [0.1, 0.15) is 11.2 Å². The van der Waals surface area contributed by atoms with Crippen LogP contribution >= 0.6 is 23.4 Å². The second-order valence-electron chi connectivity index (χ2n) is 6.18. The lowest BCUT2D eigenvalue weighted by Gasteiger charge is -2.28. The second-order valence-corrected chi connectivity index (χ2v) is 7.79. The van der Waals surface area contributed by atoms with E-state index in [0.717, 1.165) is 29.2 Å². The van der Waals surface area contributed by atoms with Gasteiger partial charge in [-0.2, -0.15) is 0 Å². The van der Waals surface area contributed by atoms with Gasteiger partial charge in [0.25, 0.3) is 0 Å². The molecule has 2 N–H and O–H groups in total. The molecule has 0 fully saturated rings. The molecule has 3 aliphatic heterocycles. The SMILES string of the molecule is NC1N=C2CCC(C3=CC=NC3C3=CC(Cl)C(F)CC3)N=C2S1. The number of fused-ring (bicyclic) bond motifs is 1. The number of hydrogen-bond acceptors (Lipinski definition) is 5. The maximum absolute atomic E-state index is 13.6. The molecule has 3 heterocycles. The molecule has 4 nitrogen and oxygen atoms in total. The topological polar surface area (TPSA) is 63.1 Å². The molecule has 0 aromatic heterocycles. The molecular formula is C16H18ClFN4S. The number of hydrogen-bond donors (Lipinski definition) is 1. The van der Waals surface area contributed by atoms with E-state index in [0.29, 0.717) is 12.8 Å². The summed E-state index contributed by atoms with van der Waals surface area (Å²) in [6.07, 6.45) is 7.78. The van der Waals surface area contributed by atoms with Crippen LogP contribution in [-0.4, -0.2) is 46.1 Å². The molecule has 23 heavy (non-hydrogen) atoms. The van der Waals surface area contributed by atoms with E-state index in [9.17, 15) is 4.39 Å². The molecule has 0 radical (unpaired) electrons. The molecule has 0 bridgehead atoms. The predicted octanol–water partition coefficient (Wildman–Crippen LogP) is 3.02. The lowest BCUT2D eigenvalue weighted by molar-refractivity contribution is 0.309. The summed E-state index contributed by atoms with van der Waals surface area (Å²) in [4.78, 5) is 13.8. The third-order valence-electron chi connectivity index (χ3n) is 4.67. The summed E-state index contributed by atoms with van der Waals surface area (Å²) in [6.45, 7) is 0. The van der Waals surface area contributed by atoms with Crippen LogP contribution < -0.4 is 5.73 Å². The van der Waals surface area contributed by atoms with Gasteiger partial charge in [-0.3, -0.25) is 15.0 Å². The van der Waals surface area contributed by atoms with Crippen molar-refractivity contribution >= 4 is 40.3 Å². The van der Waals surface area contributed by atoms with Gasteiger partial charge in [-0.15, -0.1) is 11.6 Å². The highest BCUT2D eigenvalue weighted by molar-refractivity contribution is 8.16. The number of aliphatic imine (C=N–C) groups is 3. The Morgan fingerprint density at radius 3 is 2.96 bits per heavy atom. The van der Waals surface area contributed by atoms with Crippen molar-refractivity contribution in [2.24, 2.45) is 20.7 Å². The van der Waals surface area contributed by atoms with E-state index in [-0.39, 0.29) is 17.6 Å². The first-order valence-corrected chi connectivity index (χ1v) is 9.22. The second kappa shape index (κ2) is 6.15. The summed E-state index contributed by atoms with van der Waals surface area (Å²) in [5, 5.41) is 0.424. The molecule has 5 unspecified atom stereocenters. The van der Waals surface area contributed by atoms with Gasteiger partial charge < -0.3 is 5.73 Å². The fourth-order valence-corrected chi connectivity index (χ4v) is 4.67. The molecule has 4 aliphatic rings. The van der Waals surface area contributed by atoms with Gasteiger partial charge in [-0.05, 0) is 42.9 Å². The van der Waals surface area contributed by atoms with Crippen molar-refractivity contribution in [3.63, 3.8) is 0 Å². The summed E-state index contributed by atoms with van der Waals surface area (Å²) >= 11 is 7.60. The van der Waals surface area contributed by atoms with Crippen LogP contribution in [0.5, 0.6) is 0 Å².